The highest BCUT2D eigenvalue weighted by molar-refractivity contribution is 5.15. The zero-order valence-electron chi connectivity index (χ0n) is 11.9. The van der Waals surface area contributed by atoms with E-state index in [4.69, 9.17) is 4.74 Å². The smallest absolute Gasteiger partial charge is 0.116 e. The molecule has 0 radical (unpaired) electrons. The van der Waals surface area contributed by atoms with Crippen molar-refractivity contribution in [1.29, 1.82) is 0 Å². The maximum atomic E-state index is 10.3. The summed E-state index contributed by atoms with van der Waals surface area (Å²) in [5, 5.41) is 20.5. The van der Waals surface area contributed by atoms with Crippen LogP contribution in [0, 0.1) is 16.7 Å². The molecule has 0 bridgehead atoms. The molecule has 0 spiro atoms. The fourth-order valence-electron chi connectivity index (χ4n) is 4.53. The Balaban J connectivity index is 1.87. The molecule has 1 saturated heterocycles. The maximum Gasteiger partial charge on any atom is 0.116 e. The molecule has 0 aromatic carbocycles. The van der Waals surface area contributed by atoms with Crippen molar-refractivity contribution < 1.29 is 14.9 Å². The number of epoxide rings is 1. The normalized spacial score (nSPS) is 58.3. The summed E-state index contributed by atoms with van der Waals surface area (Å²) in [6.07, 6.45) is 3.76. The fourth-order valence-corrected chi connectivity index (χ4v) is 4.53. The molecule has 3 nitrogen and oxygen atoms in total. The molecular weight excluding hydrogens is 228 g/mol. The van der Waals surface area contributed by atoms with E-state index >= 15 is 0 Å². The number of ether oxygens (including phenoxy) is 1. The highest BCUT2D eigenvalue weighted by atomic mass is 16.6. The molecule has 0 aromatic rings. The summed E-state index contributed by atoms with van der Waals surface area (Å²) in [7, 11) is 0. The molecule has 1 aliphatic heterocycles. The SMILES string of the molecule is CC1(C)CCC[C@@]1(C)[C@H]1C[C@H](O)[C@@](C)(O)[C@H]2O[C@H]21. The minimum atomic E-state index is -1.06. The second-order valence-corrected chi connectivity index (χ2v) is 7.76. The number of hydrogen-bond acceptors (Lipinski definition) is 3. The van der Waals surface area contributed by atoms with E-state index in [1.165, 1.54) is 19.3 Å². The van der Waals surface area contributed by atoms with Crippen LogP contribution in [0.2, 0.25) is 0 Å². The first-order valence-corrected chi connectivity index (χ1v) is 7.26. The monoisotopic (exact) mass is 254 g/mol. The number of rotatable bonds is 1. The van der Waals surface area contributed by atoms with Crippen LogP contribution in [0.1, 0.15) is 53.4 Å². The third kappa shape index (κ3) is 1.47. The van der Waals surface area contributed by atoms with Gasteiger partial charge < -0.3 is 14.9 Å². The summed E-state index contributed by atoms with van der Waals surface area (Å²) < 4.78 is 5.74. The van der Waals surface area contributed by atoms with Gasteiger partial charge in [-0.05, 0) is 42.9 Å². The quantitative estimate of drug-likeness (QED) is 0.705. The minimum absolute atomic E-state index is 0.153. The summed E-state index contributed by atoms with van der Waals surface area (Å²) in [5.41, 5.74) is -0.527. The number of hydrogen-bond donors (Lipinski definition) is 2. The van der Waals surface area contributed by atoms with Gasteiger partial charge in [-0.2, -0.15) is 0 Å². The van der Waals surface area contributed by atoms with Gasteiger partial charge in [0.25, 0.3) is 0 Å². The van der Waals surface area contributed by atoms with Crippen LogP contribution in [0.3, 0.4) is 0 Å². The third-order valence-corrected chi connectivity index (χ3v) is 6.51. The molecular formula is C15H26O3. The van der Waals surface area contributed by atoms with Gasteiger partial charge in [0.1, 0.15) is 11.7 Å². The van der Waals surface area contributed by atoms with Crippen molar-refractivity contribution in [2.75, 3.05) is 0 Å². The van der Waals surface area contributed by atoms with Crippen LogP contribution in [0.5, 0.6) is 0 Å². The van der Waals surface area contributed by atoms with Gasteiger partial charge in [0.15, 0.2) is 0 Å². The predicted molar refractivity (Wildman–Crippen MR) is 69.1 cm³/mol. The van der Waals surface area contributed by atoms with Crippen LogP contribution in [-0.4, -0.2) is 34.1 Å². The number of fused-ring (bicyclic) bond motifs is 1. The van der Waals surface area contributed by atoms with Crippen LogP contribution in [0.4, 0.5) is 0 Å². The fraction of sp³-hybridized carbons (Fsp3) is 1.00. The number of aliphatic hydroxyl groups excluding tert-OH is 1. The van der Waals surface area contributed by atoms with E-state index in [2.05, 4.69) is 20.8 Å². The van der Waals surface area contributed by atoms with E-state index in [1.807, 2.05) is 0 Å². The van der Waals surface area contributed by atoms with Gasteiger partial charge in [0.2, 0.25) is 0 Å². The van der Waals surface area contributed by atoms with E-state index < -0.39 is 11.7 Å². The average Bonchev–Trinajstić information content (AvgIpc) is 2.99. The Morgan fingerprint density at radius 1 is 1.11 bits per heavy atom. The lowest BCUT2D eigenvalue weighted by molar-refractivity contribution is -0.109. The van der Waals surface area contributed by atoms with Crippen LogP contribution in [0.25, 0.3) is 0 Å². The molecule has 18 heavy (non-hydrogen) atoms. The first-order chi connectivity index (χ1) is 8.20. The van der Waals surface area contributed by atoms with Crippen molar-refractivity contribution in [2.45, 2.75) is 77.3 Å². The van der Waals surface area contributed by atoms with E-state index in [9.17, 15) is 10.2 Å². The molecule has 6 atom stereocenters. The van der Waals surface area contributed by atoms with E-state index in [-0.39, 0.29) is 17.6 Å². The van der Waals surface area contributed by atoms with Crippen LogP contribution < -0.4 is 0 Å². The lowest BCUT2D eigenvalue weighted by Crippen LogP contribution is -2.54. The Morgan fingerprint density at radius 2 is 1.78 bits per heavy atom. The lowest BCUT2D eigenvalue weighted by atomic mass is 9.57. The zero-order chi connectivity index (χ0) is 13.3. The van der Waals surface area contributed by atoms with Gasteiger partial charge in [0.05, 0.1) is 12.2 Å². The molecule has 3 fully saturated rings. The Morgan fingerprint density at radius 3 is 2.33 bits per heavy atom. The molecule has 3 heteroatoms. The Bertz CT molecular complexity index is 359. The van der Waals surface area contributed by atoms with Gasteiger partial charge >= 0.3 is 0 Å². The van der Waals surface area contributed by atoms with Gasteiger partial charge in [0, 0.05) is 0 Å². The van der Waals surface area contributed by atoms with Crippen LogP contribution >= 0.6 is 0 Å². The summed E-state index contributed by atoms with van der Waals surface area (Å²) in [6, 6.07) is 0. The van der Waals surface area contributed by atoms with Crippen LogP contribution in [-0.2, 0) is 4.74 Å². The van der Waals surface area contributed by atoms with E-state index in [0.29, 0.717) is 17.8 Å². The largest absolute Gasteiger partial charge is 0.390 e. The molecule has 104 valence electrons. The summed E-state index contributed by atoms with van der Waals surface area (Å²) in [4.78, 5) is 0. The summed E-state index contributed by atoms with van der Waals surface area (Å²) in [6.45, 7) is 8.75. The number of aliphatic hydroxyl groups is 2. The summed E-state index contributed by atoms with van der Waals surface area (Å²) >= 11 is 0. The maximum absolute atomic E-state index is 10.3. The minimum Gasteiger partial charge on any atom is -0.390 e. The highest BCUT2D eigenvalue weighted by Crippen LogP contribution is 2.63. The Kier molecular flexibility index (Phi) is 2.51. The molecule has 2 aliphatic carbocycles. The van der Waals surface area contributed by atoms with Crippen molar-refractivity contribution in [3.63, 3.8) is 0 Å². The van der Waals surface area contributed by atoms with Crippen molar-refractivity contribution in [1.82, 2.24) is 0 Å². The molecule has 2 N–H and O–H groups in total. The standard InChI is InChI=1S/C15H26O3/c1-13(2)6-5-7-14(13,3)9-8-10(16)15(4,17)12-11(9)18-12/h9-12,16-17H,5-8H2,1-4H3/t9-,10-,11-,12-,14-,15+/m0/s1. The molecule has 0 unspecified atom stereocenters. The predicted octanol–water partition coefficient (Wildman–Crippen LogP) is 2.10. The van der Waals surface area contributed by atoms with Gasteiger partial charge in [-0.1, -0.05) is 27.2 Å². The lowest BCUT2D eigenvalue weighted by Gasteiger charge is -2.48. The first-order valence-electron chi connectivity index (χ1n) is 7.26. The molecule has 2 saturated carbocycles. The average molecular weight is 254 g/mol. The first kappa shape index (κ1) is 12.9. The topological polar surface area (TPSA) is 53.0 Å². The van der Waals surface area contributed by atoms with E-state index in [0.717, 1.165) is 0 Å². The molecule has 3 rings (SSSR count). The van der Waals surface area contributed by atoms with Crippen molar-refractivity contribution in [3.8, 4) is 0 Å². The van der Waals surface area contributed by atoms with Crippen LogP contribution in [0.15, 0.2) is 0 Å². The van der Waals surface area contributed by atoms with Crippen molar-refractivity contribution in [3.05, 3.63) is 0 Å². The van der Waals surface area contributed by atoms with Gasteiger partial charge in [-0.3, -0.25) is 0 Å². The Labute approximate surface area is 110 Å². The van der Waals surface area contributed by atoms with Crippen molar-refractivity contribution in [2.24, 2.45) is 16.7 Å². The zero-order valence-corrected chi connectivity index (χ0v) is 11.9. The van der Waals surface area contributed by atoms with Gasteiger partial charge in [-0.25, -0.2) is 0 Å². The Hall–Kier alpha value is -0.120. The highest BCUT2D eigenvalue weighted by Gasteiger charge is 2.67. The summed E-state index contributed by atoms with van der Waals surface area (Å²) in [5.74, 6) is 0.384. The second kappa shape index (κ2) is 3.50. The van der Waals surface area contributed by atoms with E-state index in [1.54, 1.807) is 6.92 Å². The molecule has 0 amide bonds. The van der Waals surface area contributed by atoms with Crippen molar-refractivity contribution >= 4 is 0 Å². The van der Waals surface area contributed by atoms with Gasteiger partial charge in [-0.15, -0.1) is 0 Å². The third-order valence-electron chi connectivity index (χ3n) is 6.51. The molecule has 1 heterocycles. The molecule has 0 aromatic heterocycles. The second-order valence-electron chi connectivity index (χ2n) is 7.76. The molecule has 3 aliphatic rings.